The predicted octanol–water partition coefficient (Wildman–Crippen LogP) is 3.62. The topological polar surface area (TPSA) is 74.0 Å². The van der Waals surface area contributed by atoms with E-state index >= 15 is 0 Å². The lowest BCUT2D eigenvalue weighted by atomic mass is 10.2. The molecule has 0 saturated heterocycles. The van der Waals surface area contributed by atoms with Crippen LogP contribution in [0.4, 0.5) is 20.6 Å². The number of aromatic nitrogens is 1. The summed E-state index contributed by atoms with van der Waals surface area (Å²) in [6, 6.07) is 12.4. The van der Waals surface area contributed by atoms with Crippen LogP contribution in [0.25, 0.3) is 10.9 Å². The second-order valence-corrected chi connectivity index (χ2v) is 5.19. The van der Waals surface area contributed by atoms with Gasteiger partial charge in [0.15, 0.2) is 0 Å². The summed E-state index contributed by atoms with van der Waals surface area (Å²) in [6.07, 6.45) is 0. The van der Waals surface area contributed by atoms with E-state index in [1.807, 2.05) is 19.1 Å². The van der Waals surface area contributed by atoms with E-state index in [2.05, 4.69) is 15.6 Å². The molecule has 23 heavy (non-hydrogen) atoms. The summed E-state index contributed by atoms with van der Waals surface area (Å²) in [6.45, 7) is 1.95. The molecule has 3 rings (SSSR count). The number of fused-ring (bicyclic) bond motifs is 1. The van der Waals surface area contributed by atoms with Crippen LogP contribution in [0, 0.1) is 12.7 Å². The fraction of sp³-hybridized carbons (Fsp3) is 0.0588. The summed E-state index contributed by atoms with van der Waals surface area (Å²) in [5.41, 5.74) is 1.75. The molecule has 6 heteroatoms. The number of urea groups is 1. The Labute approximate surface area is 131 Å². The Morgan fingerprint density at radius 3 is 2.43 bits per heavy atom. The summed E-state index contributed by atoms with van der Waals surface area (Å²) < 4.78 is 14.0. The number of amides is 2. The Morgan fingerprint density at radius 1 is 1.00 bits per heavy atom. The van der Waals surface area contributed by atoms with Crippen molar-refractivity contribution in [2.45, 2.75) is 6.92 Å². The number of carbonyl (C=O) groups excluding carboxylic acids is 1. The van der Waals surface area contributed by atoms with Crippen molar-refractivity contribution in [1.29, 1.82) is 0 Å². The Morgan fingerprint density at radius 2 is 1.70 bits per heavy atom. The smallest absolute Gasteiger partial charge is 0.319 e. The third-order valence-corrected chi connectivity index (χ3v) is 3.35. The number of aryl methyl sites for hydroxylation is 1. The van der Waals surface area contributed by atoms with Crippen molar-refractivity contribution in [3.05, 3.63) is 70.3 Å². The summed E-state index contributed by atoms with van der Waals surface area (Å²) in [4.78, 5) is 25.6. The van der Waals surface area contributed by atoms with Gasteiger partial charge in [-0.15, -0.1) is 0 Å². The first-order chi connectivity index (χ1) is 11.0. The Kier molecular flexibility index (Phi) is 3.80. The van der Waals surface area contributed by atoms with Gasteiger partial charge in [-0.05, 0) is 37.3 Å². The van der Waals surface area contributed by atoms with Crippen LogP contribution in [0.2, 0.25) is 0 Å². The minimum atomic E-state index is -0.606. The monoisotopic (exact) mass is 311 g/mol. The van der Waals surface area contributed by atoms with Crippen molar-refractivity contribution in [1.82, 2.24) is 4.98 Å². The number of nitrogens with one attached hydrogen (secondary N) is 3. The van der Waals surface area contributed by atoms with E-state index in [0.717, 1.165) is 11.6 Å². The van der Waals surface area contributed by atoms with Gasteiger partial charge in [-0.25, -0.2) is 9.18 Å². The van der Waals surface area contributed by atoms with E-state index in [0.29, 0.717) is 16.8 Å². The van der Waals surface area contributed by atoms with E-state index in [-0.39, 0.29) is 11.1 Å². The average molecular weight is 311 g/mol. The van der Waals surface area contributed by atoms with E-state index in [9.17, 15) is 14.0 Å². The number of H-pyrrole nitrogens is 1. The first kappa shape index (κ1) is 14.8. The van der Waals surface area contributed by atoms with E-state index in [1.54, 1.807) is 18.2 Å². The molecular formula is C17H14FN3O2. The summed E-state index contributed by atoms with van der Waals surface area (Å²) in [5.74, 6) is -0.606. The zero-order chi connectivity index (χ0) is 16.4. The third kappa shape index (κ3) is 3.37. The first-order valence-electron chi connectivity index (χ1n) is 6.98. The molecule has 0 spiro atoms. The van der Waals surface area contributed by atoms with Crippen LogP contribution in [0.3, 0.4) is 0 Å². The molecule has 0 fully saturated rings. The van der Waals surface area contributed by atoms with Gasteiger partial charge >= 0.3 is 6.03 Å². The van der Waals surface area contributed by atoms with Crippen molar-refractivity contribution in [2.24, 2.45) is 0 Å². The molecule has 0 bridgehead atoms. The van der Waals surface area contributed by atoms with Crippen molar-refractivity contribution < 1.29 is 9.18 Å². The van der Waals surface area contributed by atoms with Crippen molar-refractivity contribution in [3.63, 3.8) is 0 Å². The zero-order valence-electron chi connectivity index (χ0n) is 12.3. The summed E-state index contributed by atoms with van der Waals surface area (Å²) in [5, 5.41) is 5.73. The normalized spacial score (nSPS) is 10.5. The maximum atomic E-state index is 14.0. The van der Waals surface area contributed by atoms with Gasteiger partial charge in [0.1, 0.15) is 5.82 Å². The number of pyridine rings is 1. The summed E-state index contributed by atoms with van der Waals surface area (Å²) >= 11 is 0. The highest BCUT2D eigenvalue weighted by Crippen LogP contribution is 2.20. The highest BCUT2D eigenvalue weighted by molar-refractivity contribution is 6.01. The molecule has 1 aromatic heterocycles. The Balaban J connectivity index is 1.80. The minimum Gasteiger partial charge on any atom is -0.319 e. The molecule has 0 aliphatic carbocycles. The molecule has 1 heterocycles. The van der Waals surface area contributed by atoms with Crippen LogP contribution in [0.15, 0.2) is 53.3 Å². The summed E-state index contributed by atoms with van der Waals surface area (Å²) in [7, 11) is 0. The Bertz CT molecular complexity index is 933. The average Bonchev–Trinajstić information content (AvgIpc) is 2.50. The van der Waals surface area contributed by atoms with Gasteiger partial charge < -0.3 is 15.6 Å². The standard InChI is InChI=1S/C17H14FN3O2/c1-10-2-5-12(6-3-10)19-17(23)20-13-8-11-4-7-15(22)21-16(11)14(18)9-13/h2-9H,1H3,(H,21,22)(H2,19,20,23). The fourth-order valence-electron chi connectivity index (χ4n) is 2.22. The first-order valence-corrected chi connectivity index (χ1v) is 6.98. The van der Waals surface area contributed by atoms with Crippen LogP contribution in [0.5, 0.6) is 0 Å². The fourth-order valence-corrected chi connectivity index (χ4v) is 2.22. The SMILES string of the molecule is Cc1ccc(NC(=O)Nc2cc(F)c3[nH]c(=O)ccc3c2)cc1. The lowest BCUT2D eigenvalue weighted by Crippen LogP contribution is -2.19. The molecule has 0 unspecified atom stereocenters. The molecule has 0 atom stereocenters. The highest BCUT2D eigenvalue weighted by Gasteiger charge is 2.08. The molecule has 3 N–H and O–H groups in total. The lowest BCUT2D eigenvalue weighted by Gasteiger charge is -2.09. The van der Waals surface area contributed by atoms with Crippen LogP contribution in [-0.2, 0) is 0 Å². The van der Waals surface area contributed by atoms with Gasteiger partial charge in [0.2, 0.25) is 5.56 Å². The van der Waals surface area contributed by atoms with Crippen LogP contribution in [-0.4, -0.2) is 11.0 Å². The van der Waals surface area contributed by atoms with Crippen LogP contribution >= 0.6 is 0 Å². The van der Waals surface area contributed by atoms with Crippen molar-refractivity contribution >= 4 is 28.3 Å². The van der Waals surface area contributed by atoms with E-state index in [4.69, 9.17) is 0 Å². The molecule has 0 aliphatic rings. The number of benzene rings is 2. The number of carbonyl (C=O) groups is 1. The molecule has 3 aromatic rings. The molecule has 0 saturated carbocycles. The van der Waals surface area contributed by atoms with E-state index in [1.165, 1.54) is 12.1 Å². The van der Waals surface area contributed by atoms with Gasteiger partial charge in [-0.2, -0.15) is 0 Å². The number of aromatic amines is 1. The van der Waals surface area contributed by atoms with Crippen molar-refractivity contribution in [2.75, 3.05) is 10.6 Å². The third-order valence-electron chi connectivity index (χ3n) is 3.35. The second kappa shape index (κ2) is 5.92. The number of hydrogen-bond acceptors (Lipinski definition) is 2. The number of rotatable bonds is 2. The lowest BCUT2D eigenvalue weighted by molar-refractivity contribution is 0.262. The maximum Gasteiger partial charge on any atom is 0.323 e. The minimum absolute atomic E-state index is 0.113. The molecule has 0 aliphatic heterocycles. The van der Waals surface area contributed by atoms with Gasteiger partial charge in [0.05, 0.1) is 5.52 Å². The zero-order valence-corrected chi connectivity index (χ0v) is 12.3. The van der Waals surface area contributed by atoms with Gasteiger partial charge in [0.25, 0.3) is 0 Å². The van der Waals surface area contributed by atoms with E-state index < -0.39 is 11.8 Å². The van der Waals surface area contributed by atoms with Crippen LogP contribution in [0.1, 0.15) is 5.56 Å². The molecule has 116 valence electrons. The quantitative estimate of drug-likeness (QED) is 0.676. The van der Waals surface area contributed by atoms with Crippen LogP contribution < -0.4 is 16.2 Å². The number of hydrogen-bond donors (Lipinski definition) is 3. The number of anilines is 2. The molecule has 2 aromatic carbocycles. The van der Waals surface area contributed by atoms with Gasteiger partial charge in [-0.1, -0.05) is 17.7 Å². The Hall–Kier alpha value is -3.15. The molecule has 2 amide bonds. The van der Waals surface area contributed by atoms with Crippen molar-refractivity contribution in [3.8, 4) is 0 Å². The number of halogens is 1. The largest absolute Gasteiger partial charge is 0.323 e. The van der Waals surface area contributed by atoms with Gasteiger partial charge in [0, 0.05) is 22.8 Å². The molecule has 5 nitrogen and oxygen atoms in total. The molecule has 0 radical (unpaired) electrons. The predicted molar refractivity (Wildman–Crippen MR) is 88.3 cm³/mol. The highest BCUT2D eigenvalue weighted by atomic mass is 19.1. The maximum absolute atomic E-state index is 14.0. The van der Waals surface area contributed by atoms with Gasteiger partial charge in [-0.3, -0.25) is 4.79 Å². The second-order valence-electron chi connectivity index (χ2n) is 5.19. The molecular weight excluding hydrogens is 297 g/mol.